The molecule has 0 unspecified atom stereocenters. The number of carbonyl (C=O) groups excluding carboxylic acids is 2. The highest BCUT2D eigenvalue weighted by Crippen LogP contribution is 2.30. The van der Waals surface area contributed by atoms with E-state index < -0.39 is 29.9 Å². The minimum absolute atomic E-state index is 0.000830. The van der Waals surface area contributed by atoms with Gasteiger partial charge in [0.25, 0.3) is 0 Å². The molecule has 0 saturated carbocycles. The monoisotopic (exact) mass is 452 g/mol. The Labute approximate surface area is 195 Å². The molecule has 33 heavy (non-hydrogen) atoms. The van der Waals surface area contributed by atoms with Crippen molar-refractivity contribution in [1.29, 1.82) is 0 Å². The molecule has 0 aromatic heterocycles. The van der Waals surface area contributed by atoms with Gasteiger partial charge in [-0.15, -0.1) is 0 Å². The van der Waals surface area contributed by atoms with Crippen molar-refractivity contribution in [3.05, 3.63) is 83.4 Å². The van der Waals surface area contributed by atoms with Gasteiger partial charge in [0.15, 0.2) is 5.79 Å². The summed E-state index contributed by atoms with van der Waals surface area (Å²) < 4.78 is 22.7. The third-order valence-corrected chi connectivity index (χ3v) is 5.33. The van der Waals surface area contributed by atoms with Crippen molar-refractivity contribution in [2.24, 2.45) is 0 Å². The summed E-state index contributed by atoms with van der Waals surface area (Å²) >= 11 is 0. The van der Waals surface area contributed by atoms with E-state index in [0.717, 1.165) is 11.1 Å². The lowest BCUT2D eigenvalue weighted by molar-refractivity contribution is -0.171. The SMILES string of the molecule is CC(=O)O[C@@H](C(=O)O[C@@H](C/C(C)=C\C[C@H]1COC(C)(C)O1)c1ccccc1)c1ccccc1. The first kappa shape index (κ1) is 24.7. The third kappa shape index (κ3) is 7.55. The van der Waals surface area contributed by atoms with E-state index in [1.54, 1.807) is 24.3 Å². The van der Waals surface area contributed by atoms with Crippen molar-refractivity contribution in [2.45, 2.75) is 64.6 Å². The molecular formula is C27H32O6. The summed E-state index contributed by atoms with van der Waals surface area (Å²) in [7, 11) is 0. The molecule has 0 amide bonds. The van der Waals surface area contributed by atoms with Gasteiger partial charge in [0, 0.05) is 18.9 Å². The zero-order valence-corrected chi connectivity index (χ0v) is 19.7. The third-order valence-electron chi connectivity index (χ3n) is 5.33. The van der Waals surface area contributed by atoms with Crippen LogP contribution in [0.25, 0.3) is 0 Å². The van der Waals surface area contributed by atoms with Gasteiger partial charge in [0.05, 0.1) is 12.7 Å². The quantitative estimate of drug-likeness (QED) is 0.372. The average molecular weight is 453 g/mol. The predicted octanol–water partition coefficient (Wildman–Crippen LogP) is 5.45. The van der Waals surface area contributed by atoms with E-state index >= 15 is 0 Å². The van der Waals surface area contributed by atoms with Gasteiger partial charge in [-0.05, 0) is 32.8 Å². The molecule has 0 N–H and O–H groups in total. The van der Waals surface area contributed by atoms with Gasteiger partial charge in [0.2, 0.25) is 6.10 Å². The Balaban J connectivity index is 1.74. The molecule has 6 heteroatoms. The Morgan fingerprint density at radius 1 is 1.00 bits per heavy atom. The van der Waals surface area contributed by atoms with Crippen LogP contribution in [0.15, 0.2) is 72.3 Å². The molecule has 1 aliphatic rings. The highest BCUT2D eigenvalue weighted by atomic mass is 16.7. The standard InChI is InChI=1S/C27H32O6/c1-19(15-16-23-18-30-27(3,4)33-23)17-24(21-11-7-5-8-12-21)32-26(29)25(31-20(2)28)22-13-9-6-10-14-22/h5-15,23-25H,16-18H2,1-4H3/b19-15-/t23-,24-,25+/m0/s1. The van der Waals surface area contributed by atoms with E-state index in [4.69, 9.17) is 18.9 Å². The highest BCUT2D eigenvalue weighted by molar-refractivity contribution is 5.80. The Bertz CT molecular complexity index is 951. The van der Waals surface area contributed by atoms with Crippen molar-refractivity contribution in [3.63, 3.8) is 0 Å². The van der Waals surface area contributed by atoms with Gasteiger partial charge < -0.3 is 18.9 Å². The molecule has 0 radical (unpaired) electrons. The molecule has 176 valence electrons. The van der Waals surface area contributed by atoms with E-state index in [1.807, 2.05) is 57.2 Å². The second-order valence-electron chi connectivity index (χ2n) is 8.68. The van der Waals surface area contributed by atoms with Gasteiger partial charge >= 0.3 is 11.9 Å². The molecule has 2 aromatic rings. The number of benzene rings is 2. The smallest absolute Gasteiger partial charge is 0.352 e. The van der Waals surface area contributed by atoms with Crippen LogP contribution in [-0.2, 0) is 28.5 Å². The number of carbonyl (C=O) groups is 2. The predicted molar refractivity (Wildman–Crippen MR) is 124 cm³/mol. The maximum Gasteiger partial charge on any atom is 0.352 e. The lowest BCUT2D eigenvalue weighted by Gasteiger charge is -2.23. The number of rotatable bonds is 9. The van der Waals surface area contributed by atoms with Crippen molar-refractivity contribution < 1.29 is 28.5 Å². The molecular weight excluding hydrogens is 420 g/mol. The van der Waals surface area contributed by atoms with Crippen molar-refractivity contribution in [3.8, 4) is 0 Å². The Hall–Kier alpha value is -2.96. The summed E-state index contributed by atoms with van der Waals surface area (Å²) in [5.41, 5.74) is 2.50. The fraction of sp³-hybridized carbons (Fsp3) is 0.407. The van der Waals surface area contributed by atoms with Crippen LogP contribution in [0.1, 0.15) is 63.9 Å². The van der Waals surface area contributed by atoms with Crippen LogP contribution in [0, 0.1) is 0 Å². The van der Waals surface area contributed by atoms with Crippen LogP contribution in [0.4, 0.5) is 0 Å². The molecule has 2 aromatic carbocycles. The molecule has 3 atom stereocenters. The maximum atomic E-state index is 13.1. The van der Waals surface area contributed by atoms with Crippen LogP contribution in [0.5, 0.6) is 0 Å². The first-order valence-electron chi connectivity index (χ1n) is 11.2. The summed E-state index contributed by atoms with van der Waals surface area (Å²) in [6, 6.07) is 18.5. The summed E-state index contributed by atoms with van der Waals surface area (Å²) in [6.45, 7) is 7.64. The second kappa shape index (κ2) is 11.3. The number of esters is 2. The Morgan fingerprint density at radius 3 is 2.15 bits per heavy atom. The second-order valence-corrected chi connectivity index (χ2v) is 8.68. The molecule has 0 bridgehead atoms. The van der Waals surface area contributed by atoms with Crippen LogP contribution < -0.4 is 0 Å². The maximum absolute atomic E-state index is 13.1. The highest BCUT2D eigenvalue weighted by Gasteiger charge is 2.32. The average Bonchev–Trinajstić information content (AvgIpc) is 3.15. The van der Waals surface area contributed by atoms with Gasteiger partial charge in [-0.2, -0.15) is 0 Å². The Kier molecular flexibility index (Phi) is 8.42. The minimum Gasteiger partial charge on any atom is -0.454 e. The van der Waals surface area contributed by atoms with Gasteiger partial charge in [-0.25, -0.2) is 4.79 Å². The summed E-state index contributed by atoms with van der Waals surface area (Å²) in [4.78, 5) is 24.8. The molecule has 1 heterocycles. The number of hydrogen-bond donors (Lipinski definition) is 0. The largest absolute Gasteiger partial charge is 0.454 e. The summed E-state index contributed by atoms with van der Waals surface area (Å²) in [6.07, 6.45) is 1.68. The van der Waals surface area contributed by atoms with Crippen LogP contribution in [0.2, 0.25) is 0 Å². The first-order chi connectivity index (χ1) is 15.7. The van der Waals surface area contributed by atoms with Gasteiger partial charge in [-0.3, -0.25) is 4.79 Å². The van der Waals surface area contributed by atoms with Crippen LogP contribution >= 0.6 is 0 Å². The molecule has 1 saturated heterocycles. The fourth-order valence-electron chi connectivity index (χ4n) is 3.73. The number of hydrogen-bond acceptors (Lipinski definition) is 6. The van der Waals surface area contributed by atoms with E-state index in [2.05, 4.69) is 6.08 Å². The molecule has 3 rings (SSSR count). The zero-order chi connectivity index (χ0) is 23.8. The topological polar surface area (TPSA) is 71.1 Å². The van der Waals surface area contributed by atoms with Crippen molar-refractivity contribution in [1.82, 2.24) is 0 Å². The van der Waals surface area contributed by atoms with Crippen LogP contribution in [0.3, 0.4) is 0 Å². The van der Waals surface area contributed by atoms with E-state index in [1.165, 1.54) is 6.92 Å². The summed E-state index contributed by atoms with van der Waals surface area (Å²) in [5.74, 6) is -1.71. The normalized spacial score (nSPS) is 19.5. The molecule has 0 spiro atoms. The zero-order valence-electron chi connectivity index (χ0n) is 19.7. The lowest BCUT2D eigenvalue weighted by Crippen LogP contribution is -2.23. The van der Waals surface area contributed by atoms with Crippen molar-refractivity contribution in [2.75, 3.05) is 6.61 Å². The van der Waals surface area contributed by atoms with Crippen molar-refractivity contribution >= 4 is 11.9 Å². The van der Waals surface area contributed by atoms with E-state index in [0.29, 0.717) is 25.0 Å². The van der Waals surface area contributed by atoms with Gasteiger partial charge in [0.1, 0.15) is 6.10 Å². The first-order valence-corrected chi connectivity index (χ1v) is 11.2. The van der Waals surface area contributed by atoms with Crippen LogP contribution in [-0.4, -0.2) is 30.4 Å². The molecule has 1 fully saturated rings. The minimum atomic E-state index is -1.12. The van der Waals surface area contributed by atoms with Gasteiger partial charge in [-0.1, -0.05) is 72.3 Å². The van der Waals surface area contributed by atoms with E-state index in [-0.39, 0.29) is 6.10 Å². The number of ether oxygens (including phenoxy) is 4. The molecule has 1 aliphatic heterocycles. The Morgan fingerprint density at radius 2 is 1.61 bits per heavy atom. The fourth-order valence-corrected chi connectivity index (χ4v) is 3.73. The molecule has 0 aliphatic carbocycles. The summed E-state index contributed by atoms with van der Waals surface area (Å²) in [5, 5.41) is 0. The van der Waals surface area contributed by atoms with E-state index in [9.17, 15) is 9.59 Å². The molecule has 6 nitrogen and oxygen atoms in total. The lowest BCUT2D eigenvalue weighted by atomic mass is 10.0.